The summed E-state index contributed by atoms with van der Waals surface area (Å²) < 4.78 is 2.93. The predicted molar refractivity (Wildman–Crippen MR) is 120 cm³/mol. The molecular weight excluding hydrogens is 390 g/mol. The molecule has 0 fully saturated rings. The summed E-state index contributed by atoms with van der Waals surface area (Å²) in [6.45, 7) is 4.56. The average molecular weight is 413 g/mol. The Kier molecular flexibility index (Phi) is 4.66. The van der Waals surface area contributed by atoms with Gasteiger partial charge in [0.25, 0.3) is 5.56 Å². The van der Waals surface area contributed by atoms with Gasteiger partial charge in [-0.05, 0) is 36.1 Å². The molecule has 0 radical (unpaired) electrons. The van der Waals surface area contributed by atoms with Gasteiger partial charge in [-0.2, -0.15) is 10.2 Å². The van der Waals surface area contributed by atoms with Gasteiger partial charge in [0.15, 0.2) is 0 Å². The molecule has 0 saturated carbocycles. The summed E-state index contributed by atoms with van der Waals surface area (Å²) in [4.78, 5) is 28.3. The molecule has 31 heavy (non-hydrogen) atoms. The van der Waals surface area contributed by atoms with Crippen LogP contribution in [-0.2, 0) is 17.8 Å². The first-order valence-corrected chi connectivity index (χ1v) is 10.5. The standard InChI is InChI=1S/C24H23N5O2/c1-16(2)22-19-14-25-29(18-9-4-3-5-10-18)23(19)24(31)28(26-22)15-21(30)27-13-12-17-8-6-7-11-20(17)27/h3-11,14,16H,12-13,15H2,1-2H3. The zero-order chi connectivity index (χ0) is 21.5. The number of rotatable bonds is 4. The van der Waals surface area contributed by atoms with Gasteiger partial charge in [-0.15, -0.1) is 0 Å². The third kappa shape index (κ3) is 3.22. The van der Waals surface area contributed by atoms with Gasteiger partial charge in [-0.1, -0.05) is 50.2 Å². The molecule has 0 bridgehead atoms. The fourth-order valence-electron chi connectivity index (χ4n) is 4.20. The molecule has 0 atom stereocenters. The molecule has 7 heteroatoms. The highest BCUT2D eigenvalue weighted by Crippen LogP contribution is 2.28. The van der Waals surface area contributed by atoms with Crippen molar-refractivity contribution in [2.24, 2.45) is 0 Å². The fourth-order valence-corrected chi connectivity index (χ4v) is 4.20. The van der Waals surface area contributed by atoms with Crippen LogP contribution in [0.5, 0.6) is 0 Å². The summed E-state index contributed by atoms with van der Waals surface area (Å²) >= 11 is 0. The molecule has 2 aromatic heterocycles. The van der Waals surface area contributed by atoms with Gasteiger partial charge in [-0.3, -0.25) is 9.59 Å². The van der Waals surface area contributed by atoms with E-state index in [0.717, 1.165) is 34.4 Å². The van der Waals surface area contributed by atoms with Crippen molar-refractivity contribution in [3.8, 4) is 5.69 Å². The molecule has 3 heterocycles. The van der Waals surface area contributed by atoms with Crippen LogP contribution in [0.15, 0.2) is 65.6 Å². The summed E-state index contributed by atoms with van der Waals surface area (Å²) in [7, 11) is 0. The van der Waals surface area contributed by atoms with Gasteiger partial charge >= 0.3 is 0 Å². The Morgan fingerprint density at radius 3 is 2.58 bits per heavy atom. The van der Waals surface area contributed by atoms with E-state index in [1.165, 1.54) is 4.68 Å². The number of para-hydroxylation sites is 2. The van der Waals surface area contributed by atoms with Gasteiger partial charge in [0.05, 0.1) is 17.6 Å². The molecule has 5 rings (SSSR count). The summed E-state index contributed by atoms with van der Waals surface area (Å²) in [6, 6.07) is 17.4. The maximum atomic E-state index is 13.4. The second-order valence-corrected chi connectivity index (χ2v) is 8.08. The van der Waals surface area contributed by atoms with E-state index in [9.17, 15) is 9.59 Å². The first-order valence-electron chi connectivity index (χ1n) is 10.5. The Morgan fingerprint density at radius 1 is 1.06 bits per heavy atom. The minimum atomic E-state index is -0.318. The quantitative estimate of drug-likeness (QED) is 0.515. The van der Waals surface area contributed by atoms with E-state index in [0.29, 0.717) is 12.1 Å². The van der Waals surface area contributed by atoms with Crippen LogP contribution in [0, 0.1) is 0 Å². The van der Waals surface area contributed by atoms with E-state index in [1.807, 2.05) is 68.4 Å². The molecule has 0 aliphatic carbocycles. The number of benzene rings is 2. The van der Waals surface area contributed by atoms with E-state index in [-0.39, 0.29) is 23.9 Å². The molecular formula is C24H23N5O2. The second kappa shape index (κ2) is 7.50. The maximum absolute atomic E-state index is 13.4. The van der Waals surface area contributed by atoms with Crippen LogP contribution in [0.1, 0.15) is 31.0 Å². The Labute approximate surface area is 179 Å². The molecule has 0 spiro atoms. The average Bonchev–Trinajstić information content (AvgIpc) is 3.41. The highest BCUT2D eigenvalue weighted by molar-refractivity contribution is 5.95. The Morgan fingerprint density at radius 2 is 1.81 bits per heavy atom. The first kappa shape index (κ1) is 19.2. The monoisotopic (exact) mass is 413 g/mol. The van der Waals surface area contributed by atoms with Crippen LogP contribution in [0.2, 0.25) is 0 Å². The predicted octanol–water partition coefficient (Wildman–Crippen LogP) is 3.29. The minimum absolute atomic E-state index is 0.0744. The zero-order valence-corrected chi connectivity index (χ0v) is 17.5. The van der Waals surface area contributed by atoms with Gasteiger partial charge in [-0.25, -0.2) is 9.36 Å². The number of carbonyl (C=O) groups is 1. The maximum Gasteiger partial charge on any atom is 0.293 e. The van der Waals surface area contributed by atoms with Crippen LogP contribution in [-0.4, -0.2) is 32.0 Å². The van der Waals surface area contributed by atoms with Crippen LogP contribution in [0.3, 0.4) is 0 Å². The molecule has 1 aliphatic heterocycles. The molecule has 2 aromatic carbocycles. The normalized spacial score (nSPS) is 13.2. The molecule has 1 aliphatic rings. The molecule has 156 valence electrons. The lowest BCUT2D eigenvalue weighted by Crippen LogP contribution is -2.37. The topological polar surface area (TPSA) is 73.0 Å². The summed E-state index contributed by atoms with van der Waals surface area (Å²) in [5.41, 5.74) is 3.74. The molecule has 7 nitrogen and oxygen atoms in total. The van der Waals surface area contributed by atoms with Gasteiger partial charge < -0.3 is 4.90 Å². The number of amides is 1. The van der Waals surface area contributed by atoms with E-state index in [2.05, 4.69) is 10.2 Å². The number of hydrogen-bond acceptors (Lipinski definition) is 4. The van der Waals surface area contributed by atoms with Crippen LogP contribution in [0.25, 0.3) is 16.6 Å². The molecule has 0 N–H and O–H groups in total. The largest absolute Gasteiger partial charge is 0.310 e. The lowest BCUT2D eigenvalue weighted by atomic mass is 10.1. The van der Waals surface area contributed by atoms with Crippen molar-refractivity contribution in [3.05, 3.63) is 82.4 Å². The zero-order valence-electron chi connectivity index (χ0n) is 17.5. The molecule has 0 unspecified atom stereocenters. The number of fused-ring (bicyclic) bond motifs is 2. The fraction of sp³-hybridized carbons (Fsp3) is 0.250. The highest BCUT2D eigenvalue weighted by Gasteiger charge is 2.26. The third-order valence-corrected chi connectivity index (χ3v) is 5.73. The van der Waals surface area contributed by atoms with Crippen molar-refractivity contribution >= 4 is 22.5 Å². The van der Waals surface area contributed by atoms with Crippen LogP contribution in [0.4, 0.5) is 5.69 Å². The van der Waals surface area contributed by atoms with Crippen molar-refractivity contribution in [2.45, 2.75) is 32.7 Å². The lowest BCUT2D eigenvalue weighted by Gasteiger charge is -2.18. The highest BCUT2D eigenvalue weighted by atomic mass is 16.2. The van der Waals surface area contributed by atoms with Crippen molar-refractivity contribution in [1.82, 2.24) is 19.6 Å². The Bertz CT molecular complexity index is 1340. The summed E-state index contributed by atoms with van der Waals surface area (Å²) in [6.07, 6.45) is 2.51. The molecule has 0 saturated heterocycles. The van der Waals surface area contributed by atoms with Crippen molar-refractivity contribution in [2.75, 3.05) is 11.4 Å². The second-order valence-electron chi connectivity index (χ2n) is 8.08. The summed E-state index contributed by atoms with van der Waals surface area (Å²) in [5, 5.41) is 9.76. The Hall–Kier alpha value is -3.74. The number of nitrogens with zero attached hydrogens (tertiary/aromatic N) is 5. The van der Waals surface area contributed by atoms with E-state index < -0.39 is 0 Å². The van der Waals surface area contributed by atoms with Crippen molar-refractivity contribution in [3.63, 3.8) is 0 Å². The van der Waals surface area contributed by atoms with Crippen LogP contribution >= 0.6 is 0 Å². The summed E-state index contributed by atoms with van der Waals surface area (Å²) in [5.74, 6) is -0.0650. The lowest BCUT2D eigenvalue weighted by molar-refractivity contribution is -0.119. The molecule has 1 amide bonds. The number of hydrogen-bond donors (Lipinski definition) is 0. The third-order valence-electron chi connectivity index (χ3n) is 5.73. The molecule has 4 aromatic rings. The van der Waals surface area contributed by atoms with E-state index in [1.54, 1.807) is 15.8 Å². The number of carbonyl (C=O) groups excluding carboxylic acids is 1. The van der Waals surface area contributed by atoms with Gasteiger partial charge in [0, 0.05) is 17.6 Å². The van der Waals surface area contributed by atoms with Crippen molar-refractivity contribution < 1.29 is 4.79 Å². The minimum Gasteiger partial charge on any atom is -0.310 e. The number of anilines is 1. The van der Waals surface area contributed by atoms with E-state index >= 15 is 0 Å². The van der Waals surface area contributed by atoms with Gasteiger partial charge in [0.2, 0.25) is 5.91 Å². The SMILES string of the molecule is CC(C)c1nn(CC(=O)N2CCc3ccccc32)c(=O)c2c1cnn2-c1ccccc1. The van der Waals surface area contributed by atoms with E-state index in [4.69, 9.17) is 0 Å². The Balaban J connectivity index is 1.60. The van der Waals surface area contributed by atoms with Crippen LogP contribution < -0.4 is 10.5 Å². The first-order chi connectivity index (χ1) is 15.0. The van der Waals surface area contributed by atoms with Crippen molar-refractivity contribution in [1.29, 1.82) is 0 Å². The number of aromatic nitrogens is 4. The smallest absolute Gasteiger partial charge is 0.293 e. The van der Waals surface area contributed by atoms with Gasteiger partial charge in [0.1, 0.15) is 12.1 Å².